The summed E-state index contributed by atoms with van der Waals surface area (Å²) < 4.78 is 0. The molecule has 2 heterocycles. The normalized spacial score (nSPS) is 27.4. The van der Waals surface area contributed by atoms with Crippen molar-refractivity contribution in [1.29, 1.82) is 0 Å². The molecule has 2 aliphatic rings. The molecule has 2 saturated heterocycles. The summed E-state index contributed by atoms with van der Waals surface area (Å²) in [4.78, 5) is 37.4. The smallest absolute Gasteiger partial charge is 0.252 e. The molecule has 2 fully saturated rings. The van der Waals surface area contributed by atoms with E-state index in [0.29, 0.717) is 12.3 Å². The zero-order valence-electron chi connectivity index (χ0n) is 13.7. The molecule has 0 aromatic rings. The fourth-order valence-electron chi connectivity index (χ4n) is 3.38. The minimum absolute atomic E-state index is 0.0854. The van der Waals surface area contributed by atoms with Crippen molar-refractivity contribution in [2.75, 3.05) is 13.1 Å². The van der Waals surface area contributed by atoms with E-state index < -0.39 is 6.04 Å². The summed E-state index contributed by atoms with van der Waals surface area (Å²) in [6.45, 7) is 7.70. The molecule has 3 unspecified atom stereocenters. The number of hydrogen-bond acceptors (Lipinski definition) is 4. The van der Waals surface area contributed by atoms with Crippen LogP contribution >= 0.6 is 0 Å². The van der Waals surface area contributed by atoms with Gasteiger partial charge in [0.15, 0.2) is 0 Å². The van der Waals surface area contributed by atoms with Gasteiger partial charge in [0.1, 0.15) is 6.04 Å². The van der Waals surface area contributed by atoms with Gasteiger partial charge in [-0.25, -0.2) is 0 Å². The van der Waals surface area contributed by atoms with Crippen molar-refractivity contribution in [3.05, 3.63) is 0 Å². The van der Waals surface area contributed by atoms with E-state index in [1.165, 1.54) is 4.90 Å². The lowest BCUT2D eigenvalue weighted by molar-refractivity contribution is -0.141. The number of amides is 3. The van der Waals surface area contributed by atoms with Gasteiger partial charge in [0.05, 0.1) is 6.42 Å². The monoisotopic (exact) mass is 309 g/mol. The van der Waals surface area contributed by atoms with E-state index >= 15 is 0 Å². The highest BCUT2D eigenvalue weighted by atomic mass is 16.2. The Morgan fingerprint density at radius 2 is 2.09 bits per heavy atom. The lowest BCUT2D eigenvalue weighted by Gasteiger charge is -2.28. The fraction of sp³-hybridized carbons (Fsp3) is 0.812. The third-order valence-electron chi connectivity index (χ3n) is 4.68. The molecule has 6 nitrogen and oxygen atoms in total. The Morgan fingerprint density at radius 3 is 2.64 bits per heavy atom. The Balaban J connectivity index is 1.84. The Kier molecular flexibility index (Phi) is 5.56. The van der Waals surface area contributed by atoms with E-state index in [9.17, 15) is 14.4 Å². The number of piperidine rings is 1. The number of nitrogens with zero attached hydrogens (tertiary/aromatic N) is 1. The van der Waals surface area contributed by atoms with Crippen molar-refractivity contribution in [2.24, 2.45) is 11.8 Å². The molecule has 2 N–H and O–H groups in total. The Bertz CT molecular complexity index is 444. The van der Waals surface area contributed by atoms with E-state index in [1.54, 1.807) is 13.8 Å². The topological polar surface area (TPSA) is 78.5 Å². The molecule has 3 amide bonds. The van der Waals surface area contributed by atoms with Crippen LogP contribution in [0.2, 0.25) is 0 Å². The number of nitrogens with one attached hydrogen (secondary N) is 2. The van der Waals surface area contributed by atoms with Crippen LogP contribution in [0.3, 0.4) is 0 Å². The fourth-order valence-corrected chi connectivity index (χ4v) is 3.38. The van der Waals surface area contributed by atoms with Crippen molar-refractivity contribution in [2.45, 2.75) is 58.5 Å². The molecular weight excluding hydrogens is 282 g/mol. The lowest BCUT2D eigenvalue weighted by Crippen LogP contribution is -2.44. The summed E-state index contributed by atoms with van der Waals surface area (Å²) in [6, 6.07) is -0.840. The molecule has 22 heavy (non-hydrogen) atoms. The van der Waals surface area contributed by atoms with Crippen LogP contribution in [0.15, 0.2) is 0 Å². The maximum Gasteiger partial charge on any atom is 0.252 e. The molecule has 0 saturated carbocycles. The molecule has 0 bridgehead atoms. The highest BCUT2D eigenvalue weighted by molar-refractivity contribution is 6.07. The number of hydrogen-bond donors (Lipinski definition) is 2. The van der Waals surface area contributed by atoms with E-state index in [4.69, 9.17) is 0 Å². The van der Waals surface area contributed by atoms with Crippen molar-refractivity contribution in [3.8, 4) is 0 Å². The van der Waals surface area contributed by atoms with E-state index in [1.807, 2.05) is 0 Å². The zero-order chi connectivity index (χ0) is 16.3. The first kappa shape index (κ1) is 16.9. The Morgan fingerprint density at radius 1 is 1.36 bits per heavy atom. The Hall–Kier alpha value is -1.43. The first-order chi connectivity index (χ1) is 10.4. The second-order valence-corrected chi connectivity index (χ2v) is 6.81. The number of imide groups is 1. The summed E-state index contributed by atoms with van der Waals surface area (Å²) >= 11 is 0. The molecule has 2 aliphatic heterocycles. The van der Waals surface area contributed by atoms with Gasteiger partial charge < -0.3 is 10.6 Å². The van der Waals surface area contributed by atoms with Crippen LogP contribution in [-0.4, -0.2) is 47.8 Å². The molecule has 3 atom stereocenters. The molecule has 0 aliphatic carbocycles. The maximum absolute atomic E-state index is 12.2. The van der Waals surface area contributed by atoms with Crippen molar-refractivity contribution < 1.29 is 14.4 Å². The van der Waals surface area contributed by atoms with Crippen LogP contribution in [0, 0.1) is 11.8 Å². The van der Waals surface area contributed by atoms with Gasteiger partial charge in [0.25, 0.3) is 5.91 Å². The van der Waals surface area contributed by atoms with E-state index in [2.05, 4.69) is 17.6 Å². The highest BCUT2D eigenvalue weighted by Crippen LogP contribution is 2.23. The summed E-state index contributed by atoms with van der Waals surface area (Å²) in [5.41, 5.74) is 0. The average Bonchev–Trinajstić information content (AvgIpc) is 2.74. The maximum atomic E-state index is 12.2. The van der Waals surface area contributed by atoms with Crippen LogP contribution in [0.5, 0.6) is 0 Å². The summed E-state index contributed by atoms with van der Waals surface area (Å²) in [5.74, 6) is 0.179. The second kappa shape index (κ2) is 7.22. The Labute approximate surface area is 132 Å². The number of rotatable bonds is 5. The molecule has 0 aromatic heterocycles. The third-order valence-corrected chi connectivity index (χ3v) is 4.68. The summed E-state index contributed by atoms with van der Waals surface area (Å²) in [6.07, 6.45) is 2.78. The minimum atomic E-state index is -0.681. The van der Waals surface area contributed by atoms with Crippen LogP contribution in [0.25, 0.3) is 0 Å². The number of carbonyl (C=O) groups excluding carboxylic acids is 3. The van der Waals surface area contributed by atoms with Gasteiger partial charge in [-0.15, -0.1) is 0 Å². The summed E-state index contributed by atoms with van der Waals surface area (Å²) in [5, 5.41) is 6.10. The molecule has 0 aromatic carbocycles. The second-order valence-electron chi connectivity index (χ2n) is 6.81. The SMILES string of the molecule is CC(CC(=O)NC1CC(=O)N(C(C)C)C1=O)C1CCCNC1. The molecular formula is C16H27N3O3. The van der Waals surface area contributed by atoms with Gasteiger partial charge in [0, 0.05) is 12.5 Å². The van der Waals surface area contributed by atoms with Gasteiger partial charge >= 0.3 is 0 Å². The molecule has 0 radical (unpaired) electrons. The quantitative estimate of drug-likeness (QED) is 0.732. The van der Waals surface area contributed by atoms with Crippen LogP contribution < -0.4 is 10.6 Å². The standard InChI is InChI=1S/C16H27N3O3/c1-10(2)19-15(21)8-13(16(19)22)18-14(20)7-11(3)12-5-4-6-17-9-12/h10-13,17H,4-9H2,1-3H3,(H,18,20). The van der Waals surface area contributed by atoms with Crippen molar-refractivity contribution >= 4 is 17.7 Å². The molecule has 0 spiro atoms. The predicted octanol–water partition coefficient (Wildman–Crippen LogP) is 0.664. The van der Waals surface area contributed by atoms with Gasteiger partial charge in [-0.3, -0.25) is 19.3 Å². The van der Waals surface area contributed by atoms with Gasteiger partial charge in [-0.1, -0.05) is 6.92 Å². The van der Waals surface area contributed by atoms with Gasteiger partial charge in [-0.05, 0) is 51.6 Å². The first-order valence-electron chi connectivity index (χ1n) is 8.26. The van der Waals surface area contributed by atoms with Gasteiger partial charge in [-0.2, -0.15) is 0 Å². The van der Waals surface area contributed by atoms with Gasteiger partial charge in [0.2, 0.25) is 11.8 Å². The molecule has 2 rings (SSSR count). The van der Waals surface area contributed by atoms with Crippen molar-refractivity contribution in [1.82, 2.24) is 15.5 Å². The average molecular weight is 309 g/mol. The predicted molar refractivity (Wildman–Crippen MR) is 82.9 cm³/mol. The summed E-state index contributed by atoms with van der Waals surface area (Å²) in [7, 11) is 0. The van der Waals surface area contributed by atoms with E-state index in [0.717, 1.165) is 25.9 Å². The first-order valence-corrected chi connectivity index (χ1v) is 8.26. The number of carbonyl (C=O) groups is 3. The largest absolute Gasteiger partial charge is 0.344 e. The molecule has 124 valence electrons. The molecule has 6 heteroatoms. The lowest BCUT2D eigenvalue weighted by atomic mass is 9.85. The van der Waals surface area contributed by atoms with Crippen molar-refractivity contribution in [3.63, 3.8) is 0 Å². The minimum Gasteiger partial charge on any atom is -0.344 e. The van der Waals surface area contributed by atoms with Crippen LogP contribution in [0.4, 0.5) is 0 Å². The number of likely N-dealkylation sites (tertiary alicyclic amines) is 1. The van der Waals surface area contributed by atoms with Crippen LogP contribution in [-0.2, 0) is 14.4 Å². The zero-order valence-corrected chi connectivity index (χ0v) is 13.7. The highest BCUT2D eigenvalue weighted by Gasteiger charge is 2.40. The van der Waals surface area contributed by atoms with E-state index in [-0.39, 0.29) is 36.1 Å². The van der Waals surface area contributed by atoms with Crippen LogP contribution in [0.1, 0.15) is 46.5 Å². The third kappa shape index (κ3) is 3.85.